The standard InChI is InChI=1S/C9H10O2.C8H7NO3/c1-3-11-9-6-4-8(10-2)5-7-9;1-2-12-8-5-3-7(4-6-8)9(10)11/h3-7H,1H2,2H3;2-6H,1H2. The van der Waals surface area contributed by atoms with Crippen molar-refractivity contribution < 1.29 is 19.1 Å². The Morgan fingerprint density at radius 2 is 1.26 bits per heavy atom. The summed E-state index contributed by atoms with van der Waals surface area (Å²) in [6.07, 6.45) is 2.66. The molecular weight excluding hydrogens is 298 g/mol. The predicted molar refractivity (Wildman–Crippen MR) is 87.7 cm³/mol. The summed E-state index contributed by atoms with van der Waals surface area (Å²) >= 11 is 0. The molecular formula is C17H17NO5. The molecule has 0 saturated carbocycles. The summed E-state index contributed by atoms with van der Waals surface area (Å²) in [5.41, 5.74) is 0.0476. The van der Waals surface area contributed by atoms with Crippen molar-refractivity contribution in [3.8, 4) is 17.2 Å². The summed E-state index contributed by atoms with van der Waals surface area (Å²) in [5.74, 6) is 2.12. The number of hydrogen-bond acceptors (Lipinski definition) is 5. The molecule has 0 fully saturated rings. The molecule has 2 rings (SSSR count). The fourth-order valence-electron chi connectivity index (χ4n) is 1.49. The molecule has 120 valence electrons. The maximum absolute atomic E-state index is 10.2. The van der Waals surface area contributed by atoms with Gasteiger partial charge in [0.1, 0.15) is 17.2 Å². The first-order valence-corrected chi connectivity index (χ1v) is 6.54. The fourth-order valence-corrected chi connectivity index (χ4v) is 1.49. The van der Waals surface area contributed by atoms with E-state index in [1.165, 1.54) is 36.8 Å². The van der Waals surface area contributed by atoms with E-state index in [1.807, 2.05) is 24.3 Å². The molecule has 0 aromatic heterocycles. The summed E-state index contributed by atoms with van der Waals surface area (Å²) in [4.78, 5) is 9.75. The van der Waals surface area contributed by atoms with Crippen LogP contribution in [0.25, 0.3) is 0 Å². The average Bonchev–Trinajstić information content (AvgIpc) is 2.57. The third kappa shape index (κ3) is 6.34. The second-order valence-electron chi connectivity index (χ2n) is 4.00. The maximum Gasteiger partial charge on any atom is 0.269 e. The van der Waals surface area contributed by atoms with Crippen LogP contribution in [0.4, 0.5) is 5.69 Å². The monoisotopic (exact) mass is 315 g/mol. The van der Waals surface area contributed by atoms with Gasteiger partial charge in [-0.1, -0.05) is 13.2 Å². The van der Waals surface area contributed by atoms with Crippen molar-refractivity contribution in [2.45, 2.75) is 0 Å². The van der Waals surface area contributed by atoms with Crippen LogP contribution in [0.1, 0.15) is 0 Å². The van der Waals surface area contributed by atoms with Gasteiger partial charge in [-0.25, -0.2) is 0 Å². The van der Waals surface area contributed by atoms with Crippen molar-refractivity contribution >= 4 is 5.69 Å². The molecule has 2 aromatic rings. The number of ether oxygens (including phenoxy) is 3. The van der Waals surface area contributed by atoms with E-state index < -0.39 is 4.92 Å². The molecule has 0 N–H and O–H groups in total. The first kappa shape index (κ1) is 17.8. The van der Waals surface area contributed by atoms with E-state index in [-0.39, 0.29) is 5.69 Å². The highest BCUT2D eigenvalue weighted by Gasteiger charge is 2.02. The van der Waals surface area contributed by atoms with Crippen LogP contribution >= 0.6 is 0 Å². The van der Waals surface area contributed by atoms with E-state index in [4.69, 9.17) is 14.2 Å². The molecule has 6 heteroatoms. The lowest BCUT2D eigenvalue weighted by Gasteiger charge is -2.00. The summed E-state index contributed by atoms with van der Waals surface area (Å²) < 4.78 is 14.9. The van der Waals surface area contributed by atoms with E-state index in [1.54, 1.807) is 7.11 Å². The van der Waals surface area contributed by atoms with E-state index in [0.717, 1.165) is 11.5 Å². The first-order chi connectivity index (χ1) is 11.1. The third-order valence-corrected chi connectivity index (χ3v) is 2.55. The van der Waals surface area contributed by atoms with Crippen LogP contribution in [-0.4, -0.2) is 12.0 Å². The smallest absolute Gasteiger partial charge is 0.269 e. The van der Waals surface area contributed by atoms with E-state index in [0.29, 0.717) is 5.75 Å². The Morgan fingerprint density at radius 1 is 0.870 bits per heavy atom. The second kappa shape index (κ2) is 9.62. The van der Waals surface area contributed by atoms with Crippen molar-refractivity contribution in [1.29, 1.82) is 0 Å². The predicted octanol–water partition coefficient (Wildman–Crippen LogP) is 4.33. The topological polar surface area (TPSA) is 70.8 Å². The highest BCUT2D eigenvalue weighted by Crippen LogP contribution is 2.17. The minimum atomic E-state index is -0.461. The minimum Gasteiger partial charge on any atom is -0.497 e. The minimum absolute atomic E-state index is 0.0476. The summed E-state index contributed by atoms with van der Waals surface area (Å²) in [5, 5.41) is 10.2. The lowest BCUT2D eigenvalue weighted by molar-refractivity contribution is -0.384. The van der Waals surface area contributed by atoms with Crippen LogP contribution in [0.15, 0.2) is 74.2 Å². The highest BCUT2D eigenvalue weighted by atomic mass is 16.6. The quantitative estimate of drug-likeness (QED) is 0.450. The number of benzene rings is 2. The molecule has 0 amide bonds. The van der Waals surface area contributed by atoms with Gasteiger partial charge in [0.05, 0.1) is 24.6 Å². The Hall–Kier alpha value is -3.28. The Morgan fingerprint density at radius 3 is 1.61 bits per heavy atom. The van der Waals surface area contributed by atoms with Gasteiger partial charge in [-0.15, -0.1) is 0 Å². The zero-order chi connectivity index (χ0) is 17.1. The largest absolute Gasteiger partial charge is 0.497 e. The van der Waals surface area contributed by atoms with Crippen molar-refractivity contribution in [2.75, 3.05) is 7.11 Å². The lowest BCUT2D eigenvalue weighted by Crippen LogP contribution is -1.87. The molecule has 0 aliphatic heterocycles. The number of non-ortho nitro benzene ring substituents is 1. The van der Waals surface area contributed by atoms with Gasteiger partial charge >= 0.3 is 0 Å². The van der Waals surface area contributed by atoms with Gasteiger partial charge in [0.2, 0.25) is 0 Å². The third-order valence-electron chi connectivity index (χ3n) is 2.55. The average molecular weight is 315 g/mol. The molecule has 23 heavy (non-hydrogen) atoms. The second-order valence-corrected chi connectivity index (χ2v) is 4.00. The molecule has 0 spiro atoms. The summed E-state index contributed by atoms with van der Waals surface area (Å²) in [7, 11) is 1.63. The lowest BCUT2D eigenvalue weighted by atomic mass is 10.3. The summed E-state index contributed by atoms with van der Waals surface area (Å²) in [6.45, 7) is 6.80. The van der Waals surface area contributed by atoms with Crippen LogP contribution in [0.5, 0.6) is 17.2 Å². The number of nitro benzene ring substituents is 1. The number of nitro groups is 1. The van der Waals surface area contributed by atoms with Crippen molar-refractivity contribution in [1.82, 2.24) is 0 Å². The molecule has 0 bridgehead atoms. The maximum atomic E-state index is 10.2. The van der Waals surface area contributed by atoms with Gasteiger partial charge in [-0.05, 0) is 36.4 Å². The number of hydrogen-bond donors (Lipinski definition) is 0. The Labute approximate surface area is 134 Å². The Bertz CT molecular complexity index is 635. The fraction of sp³-hybridized carbons (Fsp3) is 0.0588. The first-order valence-electron chi connectivity index (χ1n) is 6.54. The molecule has 0 unspecified atom stereocenters. The normalized spacial score (nSPS) is 8.91. The SMILES string of the molecule is C=COc1ccc(OC)cc1.C=COc1ccc([N+](=O)[O-])cc1. The van der Waals surface area contributed by atoms with Crippen molar-refractivity contribution in [2.24, 2.45) is 0 Å². The molecule has 0 atom stereocenters. The molecule has 0 aliphatic carbocycles. The number of nitrogens with zero attached hydrogens (tertiary/aromatic N) is 1. The van der Waals surface area contributed by atoms with E-state index >= 15 is 0 Å². The van der Waals surface area contributed by atoms with Gasteiger partial charge in [0, 0.05) is 12.1 Å². The van der Waals surface area contributed by atoms with E-state index in [2.05, 4.69) is 13.2 Å². The summed E-state index contributed by atoms with van der Waals surface area (Å²) in [6, 6.07) is 13.1. The zero-order valence-corrected chi connectivity index (χ0v) is 12.7. The number of methoxy groups -OCH3 is 1. The Balaban J connectivity index is 0.000000231. The molecule has 0 heterocycles. The molecule has 0 radical (unpaired) electrons. The van der Waals surface area contributed by atoms with Gasteiger partial charge < -0.3 is 14.2 Å². The van der Waals surface area contributed by atoms with E-state index in [9.17, 15) is 10.1 Å². The molecule has 6 nitrogen and oxygen atoms in total. The van der Waals surface area contributed by atoms with Gasteiger partial charge in [-0.3, -0.25) is 10.1 Å². The number of rotatable bonds is 6. The highest BCUT2D eigenvalue weighted by molar-refractivity contribution is 5.36. The van der Waals surface area contributed by atoms with Crippen LogP contribution in [0.3, 0.4) is 0 Å². The van der Waals surface area contributed by atoms with Gasteiger partial charge in [0.15, 0.2) is 0 Å². The molecule has 2 aromatic carbocycles. The van der Waals surface area contributed by atoms with Crippen LogP contribution in [0.2, 0.25) is 0 Å². The molecule has 0 saturated heterocycles. The van der Waals surface area contributed by atoms with Crippen LogP contribution in [0, 0.1) is 10.1 Å². The molecule has 0 aliphatic rings. The van der Waals surface area contributed by atoms with Crippen molar-refractivity contribution in [3.63, 3.8) is 0 Å². The van der Waals surface area contributed by atoms with Crippen molar-refractivity contribution in [3.05, 3.63) is 84.3 Å². The van der Waals surface area contributed by atoms with Gasteiger partial charge in [-0.2, -0.15) is 0 Å². The van der Waals surface area contributed by atoms with Gasteiger partial charge in [0.25, 0.3) is 5.69 Å². The van der Waals surface area contributed by atoms with Crippen LogP contribution < -0.4 is 14.2 Å². The Kier molecular flexibility index (Phi) is 7.43. The van der Waals surface area contributed by atoms with Crippen LogP contribution in [-0.2, 0) is 0 Å². The zero-order valence-electron chi connectivity index (χ0n) is 12.7.